The van der Waals surface area contributed by atoms with Crippen LogP contribution in [0.3, 0.4) is 0 Å². The molecule has 0 saturated heterocycles. The normalized spacial score (nSPS) is 13.0. The van der Waals surface area contributed by atoms with Crippen LogP contribution in [0.1, 0.15) is 30.2 Å². The Morgan fingerprint density at radius 3 is 1.90 bits per heavy atom. The Labute approximate surface area is 176 Å². The molecule has 0 aliphatic carbocycles. The molecule has 0 saturated carbocycles. The fourth-order valence-electron chi connectivity index (χ4n) is 3.81. The van der Waals surface area contributed by atoms with Crippen LogP contribution in [-0.4, -0.2) is 9.67 Å². The van der Waals surface area contributed by atoms with E-state index in [1.165, 1.54) is 0 Å². The molecule has 3 heteroatoms. The monoisotopic (exact) mass is 395 g/mol. The molecular formula is C27H25NO2. The summed E-state index contributed by atoms with van der Waals surface area (Å²) in [5.74, 6) is 0. The number of aryl methyl sites for hydroxylation is 1. The second-order valence-corrected chi connectivity index (χ2v) is 7.67. The topological polar surface area (TPSA) is 42.2 Å². The lowest BCUT2D eigenvalue weighted by Gasteiger charge is -2.25. The van der Waals surface area contributed by atoms with Crippen molar-refractivity contribution in [3.63, 3.8) is 0 Å². The van der Waals surface area contributed by atoms with E-state index in [1.807, 2.05) is 105 Å². The van der Waals surface area contributed by atoms with Crippen LogP contribution in [0.25, 0.3) is 22.4 Å². The molecule has 1 aromatic heterocycles. The molecule has 2 unspecified atom stereocenters. The van der Waals surface area contributed by atoms with Crippen molar-refractivity contribution in [1.82, 2.24) is 4.57 Å². The highest BCUT2D eigenvalue weighted by atomic mass is 16.3. The third-order valence-corrected chi connectivity index (χ3v) is 5.53. The molecule has 0 bridgehead atoms. The summed E-state index contributed by atoms with van der Waals surface area (Å²) in [6.07, 6.45) is -0.798. The van der Waals surface area contributed by atoms with Gasteiger partial charge < -0.3 is 9.67 Å². The SMILES string of the molecule is Cc1ccc(C(O)C(C)n2c(-c3ccccc3)cc(-c3ccccc3)cc2=O)cc1. The molecule has 0 radical (unpaired) electrons. The van der Waals surface area contributed by atoms with Crippen molar-refractivity contribution in [2.45, 2.75) is 26.0 Å². The number of aliphatic hydroxyl groups excluding tert-OH is 1. The van der Waals surface area contributed by atoms with E-state index < -0.39 is 12.1 Å². The molecule has 0 amide bonds. The van der Waals surface area contributed by atoms with Crippen molar-refractivity contribution in [3.8, 4) is 22.4 Å². The molecule has 0 fully saturated rings. The minimum atomic E-state index is -0.798. The number of benzene rings is 3. The van der Waals surface area contributed by atoms with Crippen molar-refractivity contribution < 1.29 is 5.11 Å². The summed E-state index contributed by atoms with van der Waals surface area (Å²) in [6.45, 7) is 3.90. The number of nitrogens with zero attached hydrogens (tertiary/aromatic N) is 1. The van der Waals surface area contributed by atoms with E-state index >= 15 is 0 Å². The quantitative estimate of drug-likeness (QED) is 0.465. The Morgan fingerprint density at radius 2 is 1.30 bits per heavy atom. The first-order valence-corrected chi connectivity index (χ1v) is 10.2. The van der Waals surface area contributed by atoms with Gasteiger partial charge in [0.25, 0.3) is 5.56 Å². The van der Waals surface area contributed by atoms with E-state index in [1.54, 1.807) is 10.6 Å². The maximum absolute atomic E-state index is 13.3. The van der Waals surface area contributed by atoms with Gasteiger partial charge in [0.15, 0.2) is 0 Å². The number of hydrogen-bond donors (Lipinski definition) is 1. The molecule has 0 aliphatic rings. The summed E-state index contributed by atoms with van der Waals surface area (Å²) in [5, 5.41) is 11.1. The zero-order valence-corrected chi connectivity index (χ0v) is 17.2. The molecule has 150 valence electrons. The molecule has 3 aromatic carbocycles. The van der Waals surface area contributed by atoms with Crippen molar-refractivity contribution in [2.24, 2.45) is 0 Å². The van der Waals surface area contributed by atoms with Crippen LogP contribution in [0.5, 0.6) is 0 Å². The summed E-state index contributed by atoms with van der Waals surface area (Å²) < 4.78 is 1.70. The van der Waals surface area contributed by atoms with Gasteiger partial charge in [-0.25, -0.2) is 0 Å². The number of hydrogen-bond acceptors (Lipinski definition) is 2. The molecule has 4 rings (SSSR count). The Balaban J connectivity index is 1.86. The molecule has 30 heavy (non-hydrogen) atoms. The summed E-state index contributed by atoms with van der Waals surface area (Å²) >= 11 is 0. The van der Waals surface area contributed by atoms with E-state index in [9.17, 15) is 9.90 Å². The van der Waals surface area contributed by atoms with Gasteiger partial charge in [0.1, 0.15) is 0 Å². The zero-order chi connectivity index (χ0) is 21.1. The van der Waals surface area contributed by atoms with Gasteiger partial charge >= 0.3 is 0 Å². The van der Waals surface area contributed by atoms with Gasteiger partial charge in [0, 0.05) is 6.07 Å². The van der Waals surface area contributed by atoms with Gasteiger partial charge in [-0.3, -0.25) is 4.79 Å². The molecule has 1 heterocycles. The fourth-order valence-corrected chi connectivity index (χ4v) is 3.81. The molecule has 4 aromatic rings. The second-order valence-electron chi connectivity index (χ2n) is 7.67. The predicted molar refractivity (Wildman–Crippen MR) is 122 cm³/mol. The molecule has 0 aliphatic heterocycles. The lowest BCUT2D eigenvalue weighted by molar-refractivity contribution is 0.121. The molecule has 0 spiro atoms. The first-order valence-electron chi connectivity index (χ1n) is 10.2. The maximum Gasteiger partial charge on any atom is 0.251 e. The first kappa shape index (κ1) is 19.9. The summed E-state index contributed by atoms with van der Waals surface area (Å²) in [7, 11) is 0. The van der Waals surface area contributed by atoms with Crippen molar-refractivity contribution in [3.05, 3.63) is 119 Å². The predicted octanol–water partition coefficient (Wildman–Crippen LogP) is 5.79. The van der Waals surface area contributed by atoms with Crippen molar-refractivity contribution in [2.75, 3.05) is 0 Å². The highest BCUT2D eigenvalue weighted by molar-refractivity contribution is 5.70. The Hall–Kier alpha value is -3.43. The Morgan fingerprint density at radius 1 is 0.733 bits per heavy atom. The summed E-state index contributed by atoms with van der Waals surface area (Å²) in [4.78, 5) is 13.3. The van der Waals surface area contributed by atoms with Crippen LogP contribution >= 0.6 is 0 Å². The van der Waals surface area contributed by atoms with Gasteiger partial charge in [-0.05, 0) is 42.2 Å². The van der Waals surface area contributed by atoms with Gasteiger partial charge in [-0.15, -0.1) is 0 Å². The highest BCUT2D eigenvalue weighted by Gasteiger charge is 2.22. The Bertz CT molecular complexity index is 1180. The van der Waals surface area contributed by atoms with E-state index in [0.717, 1.165) is 33.5 Å². The standard InChI is InChI=1S/C27H25NO2/c1-19-13-15-23(16-14-19)27(30)20(2)28-25(22-11-7-4-8-12-22)17-24(18-26(28)29)21-9-5-3-6-10-21/h3-18,20,27,30H,1-2H3. The average Bonchev–Trinajstić information content (AvgIpc) is 2.79. The van der Waals surface area contributed by atoms with Crippen LogP contribution < -0.4 is 5.56 Å². The zero-order valence-electron chi connectivity index (χ0n) is 17.2. The first-order chi connectivity index (χ1) is 14.5. The summed E-state index contributed by atoms with van der Waals surface area (Å²) in [5.41, 5.74) is 5.39. The minimum Gasteiger partial charge on any atom is -0.386 e. The Kier molecular flexibility index (Phi) is 5.64. The van der Waals surface area contributed by atoms with Crippen molar-refractivity contribution in [1.29, 1.82) is 0 Å². The van der Waals surface area contributed by atoms with Crippen LogP contribution in [0, 0.1) is 6.92 Å². The van der Waals surface area contributed by atoms with E-state index in [0.29, 0.717) is 0 Å². The van der Waals surface area contributed by atoms with Gasteiger partial charge in [0.2, 0.25) is 0 Å². The maximum atomic E-state index is 13.3. The molecule has 3 nitrogen and oxygen atoms in total. The van der Waals surface area contributed by atoms with Crippen LogP contribution in [0.15, 0.2) is 102 Å². The third-order valence-electron chi connectivity index (χ3n) is 5.53. The van der Waals surface area contributed by atoms with Gasteiger partial charge in [-0.1, -0.05) is 90.5 Å². The van der Waals surface area contributed by atoms with Crippen LogP contribution in [0.2, 0.25) is 0 Å². The highest BCUT2D eigenvalue weighted by Crippen LogP contribution is 2.31. The molecule has 2 atom stereocenters. The van der Waals surface area contributed by atoms with Crippen molar-refractivity contribution >= 4 is 0 Å². The number of aromatic nitrogens is 1. The largest absolute Gasteiger partial charge is 0.386 e. The smallest absolute Gasteiger partial charge is 0.251 e. The van der Waals surface area contributed by atoms with Crippen LogP contribution in [0.4, 0.5) is 0 Å². The number of rotatable bonds is 5. The lowest BCUT2D eigenvalue weighted by atomic mass is 9.99. The summed E-state index contributed by atoms with van der Waals surface area (Å²) in [6, 6.07) is 30.8. The van der Waals surface area contributed by atoms with E-state index in [-0.39, 0.29) is 5.56 Å². The van der Waals surface area contributed by atoms with E-state index in [4.69, 9.17) is 0 Å². The number of aliphatic hydroxyl groups is 1. The third kappa shape index (κ3) is 3.98. The molecular weight excluding hydrogens is 370 g/mol. The van der Waals surface area contributed by atoms with E-state index in [2.05, 4.69) is 0 Å². The molecule has 1 N–H and O–H groups in total. The lowest BCUT2D eigenvalue weighted by Crippen LogP contribution is -2.28. The second kappa shape index (κ2) is 8.52. The minimum absolute atomic E-state index is 0.131. The fraction of sp³-hybridized carbons (Fsp3) is 0.148. The average molecular weight is 396 g/mol. The number of pyridine rings is 1. The van der Waals surface area contributed by atoms with Gasteiger partial charge in [-0.2, -0.15) is 0 Å². The van der Waals surface area contributed by atoms with Crippen LogP contribution in [-0.2, 0) is 0 Å². The van der Waals surface area contributed by atoms with Gasteiger partial charge in [0.05, 0.1) is 17.8 Å².